The molecule has 0 atom stereocenters. The van der Waals surface area contributed by atoms with Gasteiger partial charge in [-0.3, -0.25) is 9.59 Å². The number of fused-ring (bicyclic) bond motifs is 1. The molecule has 0 saturated carbocycles. The molecule has 0 radical (unpaired) electrons. The molecule has 1 aromatic heterocycles. The number of amides is 1. The van der Waals surface area contributed by atoms with Gasteiger partial charge in [-0.25, -0.2) is 0 Å². The second-order valence-electron chi connectivity index (χ2n) is 5.33. The summed E-state index contributed by atoms with van der Waals surface area (Å²) in [5, 5.41) is 3.29. The Morgan fingerprint density at radius 2 is 1.83 bits per heavy atom. The van der Waals surface area contributed by atoms with Crippen LogP contribution in [0.1, 0.15) is 17.3 Å². The highest BCUT2D eigenvalue weighted by Crippen LogP contribution is 2.23. The summed E-state index contributed by atoms with van der Waals surface area (Å²) < 4.78 is 7.13. The normalized spacial score (nSPS) is 10.6. The van der Waals surface area contributed by atoms with Crippen molar-refractivity contribution in [2.45, 2.75) is 13.5 Å². The summed E-state index contributed by atoms with van der Waals surface area (Å²) >= 11 is 0. The molecule has 5 nitrogen and oxygen atoms in total. The van der Waals surface area contributed by atoms with Gasteiger partial charge in [-0.15, -0.1) is 0 Å². The molecule has 0 saturated heterocycles. The van der Waals surface area contributed by atoms with Gasteiger partial charge >= 0.3 is 0 Å². The van der Waals surface area contributed by atoms with Gasteiger partial charge in [-0.2, -0.15) is 0 Å². The largest absolute Gasteiger partial charge is 0.495 e. The Morgan fingerprint density at radius 1 is 1.12 bits per heavy atom. The van der Waals surface area contributed by atoms with Crippen LogP contribution in [-0.2, 0) is 6.54 Å². The minimum absolute atomic E-state index is 0.112. The van der Waals surface area contributed by atoms with Crippen molar-refractivity contribution in [2.24, 2.45) is 0 Å². The maximum atomic E-state index is 12.7. The molecule has 0 fully saturated rings. The van der Waals surface area contributed by atoms with E-state index in [2.05, 4.69) is 5.32 Å². The second kappa shape index (κ2) is 6.58. The van der Waals surface area contributed by atoms with Crippen LogP contribution in [0.3, 0.4) is 0 Å². The van der Waals surface area contributed by atoms with Crippen molar-refractivity contribution in [1.29, 1.82) is 0 Å². The van der Waals surface area contributed by atoms with Crippen molar-refractivity contribution in [2.75, 3.05) is 12.4 Å². The van der Waals surface area contributed by atoms with Gasteiger partial charge in [0.2, 0.25) is 5.43 Å². The van der Waals surface area contributed by atoms with E-state index in [4.69, 9.17) is 4.74 Å². The third-order valence-electron chi connectivity index (χ3n) is 3.93. The molecule has 0 unspecified atom stereocenters. The van der Waals surface area contributed by atoms with E-state index in [1.807, 2.05) is 29.7 Å². The number of methoxy groups -OCH3 is 1. The molecule has 5 heteroatoms. The van der Waals surface area contributed by atoms with Crippen molar-refractivity contribution < 1.29 is 9.53 Å². The molecule has 24 heavy (non-hydrogen) atoms. The van der Waals surface area contributed by atoms with Crippen molar-refractivity contribution in [1.82, 2.24) is 4.57 Å². The molecule has 122 valence electrons. The number of pyridine rings is 1. The van der Waals surface area contributed by atoms with Gasteiger partial charge in [0, 0.05) is 18.1 Å². The first-order chi connectivity index (χ1) is 11.7. The Bertz CT molecular complexity index is 960. The van der Waals surface area contributed by atoms with Crippen LogP contribution in [-0.4, -0.2) is 17.6 Å². The highest BCUT2D eigenvalue weighted by atomic mass is 16.5. The topological polar surface area (TPSA) is 60.3 Å². The highest BCUT2D eigenvalue weighted by molar-refractivity contribution is 6.06. The van der Waals surface area contributed by atoms with Gasteiger partial charge in [0.15, 0.2) is 0 Å². The number of rotatable bonds is 4. The molecular weight excluding hydrogens is 304 g/mol. The summed E-state index contributed by atoms with van der Waals surface area (Å²) in [6.45, 7) is 2.63. The lowest BCUT2D eigenvalue weighted by atomic mass is 10.1. The third-order valence-corrected chi connectivity index (χ3v) is 3.93. The fourth-order valence-electron chi connectivity index (χ4n) is 2.71. The highest BCUT2D eigenvalue weighted by Gasteiger charge is 2.16. The molecular formula is C19H18N2O3. The fraction of sp³-hybridized carbons (Fsp3) is 0.158. The van der Waals surface area contributed by atoms with Gasteiger partial charge in [-0.1, -0.05) is 24.3 Å². The average Bonchev–Trinajstić information content (AvgIpc) is 2.62. The number of benzene rings is 2. The molecule has 1 heterocycles. The van der Waals surface area contributed by atoms with Crippen LogP contribution in [0.5, 0.6) is 5.75 Å². The summed E-state index contributed by atoms with van der Waals surface area (Å²) in [6, 6.07) is 14.4. The Morgan fingerprint density at radius 3 is 2.58 bits per heavy atom. The van der Waals surface area contributed by atoms with Crippen LogP contribution in [0.25, 0.3) is 10.9 Å². The number of hydrogen-bond acceptors (Lipinski definition) is 3. The number of para-hydroxylation sites is 3. The first-order valence-electron chi connectivity index (χ1n) is 7.72. The number of aromatic nitrogens is 1. The smallest absolute Gasteiger partial charge is 0.261 e. The lowest BCUT2D eigenvalue weighted by Gasteiger charge is -2.13. The summed E-state index contributed by atoms with van der Waals surface area (Å²) in [5.41, 5.74) is 1.18. The Kier molecular flexibility index (Phi) is 4.33. The Balaban J connectivity index is 2.07. The van der Waals surface area contributed by atoms with Gasteiger partial charge in [-0.05, 0) is 31.2 Å². The van der Waals surface area contributed by atoms with E-state index in [9.17, 15) is 9.59 Å². The van der Waals surface area contributed by atoms with E-state index >= 15 is 0 Å². The van der Waals surface area contributed by atoms with Crippen molar-refractivity contribution >= 4 is 22.5 Å². The minimum atomic E-state index is -0.447. The zero-order chi connectivity index (χ0) is 17.1. The van der Waals surface area contributed by atoms with Crippen LogP contribution < -0.4 is 15.5 Å². The Hall–Kier alpha value is -3.08. The molecule has 0 bridgehead atoms. The maximum absolute atomic E-state index is 12.7. The number of anilines is 1. The van der Waals surface area contributed by atoms with E-state index in [0.29, 0.717) is 23.4 Å². The van der Waals surface area contributed by atoms with Crippen molar-refractivity contribution in [3.8, 4) is 5.75 Å². The molecule has 0 spiro atoms. The van der Waals surface area contributed by atoms with Gasteiger partial charge < -0.3 is 14.6 Å². The number of nitrogens with one attached hydrogen (secondary N) is 1. The molecule has 0 aliphatic heterocycles. The molecule has 2 aromatic carbocycles. The van der Waals surface area contributed by atoms with E-state index in [-0.39, 0.29) is 11.0 Å². The van der Waals surface area contributed by atoms with Crippen molar-refractivity contribution in [3.05, 3.63) is 70.5 Å². The third kappa shape index (κ3) is 2.76. The van der Waals surface area contributed by atoms with E-state index < -0.39 is 5.91 Å². The number of nitrogens with zero attached hydrogens (tertiary/aromatic N) is 1. The van der Waals surface area contributed by atoms with E-state index in [1.54, 1.807) is 36.5 Å². The standard InChI is InChI=1S/C19H18N2O3/c1-3-21-12-14(18(22)13-8-4-6-10-16(13)21)19(23)20-15-9-5-7-11-17(15)24-2/h4-12H,3H2,1-2H3,(H,20,23). The van der Waals surface area contributed by atoms with Crippen molar-refractivity contribution in [3.63, 3.8) is 0 Å². The lowest BCUT2D eigenvalue weighted by Crippen LogP contribution is -2.24. The number of ether oxygens (including phenoxy) is 1. The number of carbonyl (C=O) groups excluding carboxylic acids is 1. The predicted molar refractivity (Wildman–Crippen MR) is 94.8 cm³/mol. The summed E-state index contributed by atoms with van der Waals surface area (Å²) in [4.78, 5) is 25.3. The van der Waals surface area contributed by atoms with Crippen LogP contribution in [0, 0.1) is 0 Å². The number of aryl methyl sites for hydroxylation is 1. The van der Waals surface area contributed by atoms with Crippen LogP contribution in [0.4, 0.5) is 5.69 Å². The molecule has 1 N–H and O–H groups in total. The average molecular weight is 322 g/mol. The van der Waals surface area contributed by atoms with E-state index in [1.165, 1.54) is 7.11 Å². The van der Waals surface area contributed by atoms with Crippen LogP contribution in [0.15, 0.2) is 59.5 Å². The van der Waals surface area contributed by atoms with E-state index in [0.717, 1.165) is 5.52 Å². The molecule has 0 aliphatic carbocycles. The predicted octanol–water partition coefficient (Wildman–Crippen LogP) is 3.28. The maximum Gasteiger partial charge on any atom is 0.261 e. The fourth-order valence-corrected chi connectivity index (χ4v) is 2.71. The summed E-state index contributed by atoms with van der Waals surface area (Å²) in [5.74, 6) is 0.0971. The first kappa shape index (κ1) is 15.8. The first-order valence-corrected chi connectivity index (χ1v) is 7.72. The lowest BCUT2D eigenvalue weighted by molar-refractivity contribution is 0.102. The SMILES string of the molecule is CCn1cc(C(=O)Nc2ccccc2OC)c(=O)c2ccccc21. The second-order valence-corrected chi connectivity index (χ2v) is 5.33. The number of carbonyl (C=O) groups is 1. The van der Waals surface area contributed by atoms with Crippen LogP contribution in [0.2, 0.25) is 0 Å². The van der Waals surface area contributed by atoms with Gasteiger partial charge in [0.1, 0.15) is 11.3 Å². The zero-order valence-corrected chi connectivity index (χ0v) is 13.6. The monoisotopic (exact) mass is 322 g/mol. The minimum Gasteiger partial charge on any atom is -0.495 e. The Labute approximate surface area is 139 Å². The molecule has 3 aromatic rings. The van der Waals surface area contributed by atoms with Gasteiger partial charge in [0.05, 0.1) is 18.3 Å². The number of hydrogen-bond donors (Lipinski definition) is 1. The van der Waals surface area contributed by atoms with Gasteiger partial charge in [0.25, 0.3) is 5.91 Å². The summed E-state index contributed by atoms with van der Waals surface area (Å²) in [7, 11) is 1.53. The molecule has 1 amide bonds. The molecule has 0 aliphatic rings. The zero-order valence-electron chi connectivity index (χ0n) is 13.6. The van der Waals surface area contributed by atoms with Crippen LogP contribution >= 0.6 is 0 Å². The summed E-state index contributed by atoms with van der Waals surface area (Å²) in [6.07, 6.45) is 1.61. The molecule has 3 rings (SSSR count). The quantitative estimate of drug-likeness (QED) is 0.802.